The summed E-state index contributed by atoms with van der Waals surface area (Å²) < 4.78 is 28.0. The second kappa shape index (κ2) is 8.60. The molecule has 2 aromatic carbocycles. The van der Waals surface area contributed by atoms with Gasteiger partial charge in [-0.2, -0.15) is 4.31 Å². The second-order valence-corrected chi connectivity index (χ2v) is 12.4. The van der Waals surface area contributed by atoms with Gasteiger partial charge in [0, 0.05) is 36.5 Å². The monoisotopic (exact) mass is 489 g/mol. The zero-order chi connectivity index (χ0) is 23.1. The van der Waals surface area contributed by atoms with Crippen LogP contribution in [0.1, 0.15) is 44.7 Å². The van der Waals surface area contributed by atoms with Gasteiger partial charge >= 0.3 is 0 Å². The molecule has 170 valence electrons. The van der Waals surface area contributed by atoms with Gasteiger partial charge in [-0.05, 0) is 41.5 Å². The lowest BCUT2D eigenvalue weighted by atomic mass is 9.87. The van der Waals surface area contributed by atoms with E-state index in [1.807, 2.05) is 42.7 Å². The summed E-state index contributed by atoms with van der Waals surface area (Å²) >= 11 is 7.60. The zero-order valence-electron chi connectivity index (χ0n) is 18.8. The summed E-state index contributed by atoms with van der Waals surface area (Å²) in [5.74, 6) is 0. The molecule has 0 amide bonds. The molecule has 4 rings (SSSR count). The lowest BCUT2D eigenvalue weighted by Gasteiger charge is -2.34. The molecule has 0 atom stereocenters. The third-order valence-electron chi connectivity index (χ3n) is 6.02. The van der Waals surface area contributed by atoms with Crippen molar-refractivity contribution in [2.24, 2.45) is 9.98 Å². The van der Waals surface area contributed by atoms with Crippen LogP contribution in [0.15, 0.2) is 63.4 Å². The molecular formula is C24H28ClN3O2S2. The molecule has 8 heteroatoms. The van der Waals surface area contributed by atoms with Crippen molar-refractivity contribution in [3.8, 4) is 0 Å². The maximum Gasteiger partial charge on any atom is 0.243 e. The SMILES string of the molecule is CSC1=NC2(CCN(S(=O)(=O)c3ccc(C(C)(C)C)cc3)CC2)N=C1c1ccc(Cl)cc1. The molecule has 0 unspecified atom stereocenters. The number of piperidine rings is 1. The van der Waals surface area contributed by atoms with E-state index in [1.54, 1.807) is 28.2 Å². The van der Waals surface area contributed by atoms with E-state index in [0.717, 1.165) is 21.9 Å². The van der Waals surface area contributed by atoms with Crippen LogP contribution < -0.4 is 0 Å². The highest BCUT2D eigenvalue weighted by Crippen LogP contribution is 2.37. The molecule has 0 aliphatic carbocycles. The first kappa shape index (κ1) is 23.5. The quantitative estimate of drug-likeness (QED) is 0.581. The Morgan fingerprint density at radius 3 is 2.09 bits per heavy atom. The Morgan fingerprint density at radius 1 is 0.969 bits per heavy atom. The van der Waals surface area contributed by atoms with Gasteiger partial charge in [0.1, 0.15) is 5.04 Å². The Morgan fingerprint density at radius 2 is 1.56 bits per heavy atom. The Bertz CT molecular complexity index is 1160. The van der Waals surface area contributed by atoms with Gasteiger partial charge in [-0.15, -0.1) is 11.8 Å². The fraction of sp³-hybridized carbons (Fsp3) is 0.417. The largest absolute Gasteiger partial charge is 0.252 e. The maximum atomic E-state index is 13.2. The fourth-order valence-corrected chi connectivity index (χ4v) is 6.23. The van der Waals surface area contributed by atoms with Gasteiger partial charge < -0.3 is 0 Å². The number of hydrogen-bond acceptors (Lipinski definition) is 5. The zero-order valence-corrected chi connectivity index (χ0v) is 21.2. The van der Waals surface area contributed by atoms with Crippen LogP contribution in [0.3, 0.4) is 0 Å². The molecule has 5 nitrogen and oxygen atoms in total. The molecule has 2 aliphatic rings. The van der Waals surface area contributed by atoms with E-state index in [4.69, 9.17) is 21.6 Å². The predicted molar refractivity (Wildman–Crippen MR) is 135 cm³/mol. The van der Waals surface area contributed by atoms with Crippen molar-refractivity contribution >= 4 is 44.1 Å². The number of halogens is 1. The highest BCUT2D eigenvalue weighted by Gasteiger charge is 2.42. The molecule has 2 aromatic rings. The summed E-state index contributed by atoms with van der Waals surface area (Å²) in [5, 5.41) is 1.57. The van der Waals surface area contributed by atoms with Crippen LogP contribution in [-0.2, 0) is 15.4 Å². The minimum absolute atomic E-state index is 0.0188. The van der Waals surface area contributed by atoms with E-state index in [1.165, 1.54) is 0 Å². The molecule has 0 bridgehead atoms. The van der Waals surface area contributed by atoms with Crippen LogP contribution in [0.25, 0.3) is 0 Å². The van der Waals surface area contributed by atoms with Gasteiger partial charge in [-0.1, -0.05) is 56.6 Å². The first-order chi connectivity index (χ1) is 15.0. The summed E-state index contributed by atoms with van der Waals surface area (Å²) in [5.41, 5.74) is 2.35. The van der Waals surface area contributed by atoms with Crippen molar-refractivity contribution < 1.29 is 8.42 Å². The van der Waals surface area contributed by atoms with Crippen LogP contribution in [-0.4, -0.2) is 48.5 Å². The number of rotatable bonds is 3. The van der Waals surface area contributed by atoms with E-state index >= 15 is 0 Å². The van der Waals surface area contributed by atoms with Gasteiger partial charge in [0.05, 0.1) is 10.6 Å². The van der Waals surface area contributed by atoms with Crippen LogP contribution in [0.4, 0.5) is 0 Å². The van der Waals surface area contributed by atoms with Crippen LogP contribution in [0.5, 0.6) is 0 Å². The van der Waals surface area contributed by atoms with E-state index < -0.39 is 15.7 Å². The van der Waals surface area contributed by atoms with Crippen LogP contribution in [0.2, 0.25) is 5.02 Å². The molecule has 0 radical (unpaired) electrons. The Kier molecular flexibility index (Phi) is 6.31. The molecule has 32 heavy (non-hydrogen) atoms. The summed E-state index contributed by atoms with van der Waals surface area (Å²) in [6.45, 7) is 7.14. The first-order valence-electron chi connectivity index (χ1n) is 10.6. The second-order valence-electron chi connectivity index (χ2n) is 9.25. The molecule has 1 spiro atoms. The van der Waals surface area contributed by atoms with Crippen molar-refractivity contribution in [2.45, 2.75) is 49.6 Å². The van der Waals surface area contributed by atoms with E-state index in [2.05, 4.69) is 20.8 Å². The van der Waals surface area contributed by atoms with Crippen LogP contribution >= 0.6 is 23.4 Å². The Hall–Kier alpha value is -1.67. The van der Waals surface area contributed by atoms with E-state index in [9.17, 15) is 8.42 Å². The van der Waals surface area contributed by atoms with E-state index in [0.29, 0.717) is 35.8 Å². The molecule has 0 aromatic heterocycles. The molecule has 0 N–H and O–H groups in total. The third-order valence-corrected chi connectivity index (χ3v) is 8.86. The lowest BCUT2D eigenvalue weighted by Crippen LogP contribution is -2.44. The van der Waals surface area contributed by atoms with Crippen molar-refractivity contribution in [1.82, 2.24) is 4.31 Å². The molecule has 0 saturated carbocycles. The average molecular weight is 490 g/mol. The topological polar surface area (TPSA) is 62.1 Å². The van der Waals surface area contributed by atoms with E-state index in [-0.39, 0.29) is 5.41 Å². The minimum Gasteiger partial charge on any atom is -0.252 e. The highest BCUT2D eigenvalue weighted by atomic mass is 35.5. The highest BCUT2D eigenvalue weighted by molar-refractivity contribution is 8.15. The average Bonchev–Trinajstić information content (AvgIpc) is 3.12. The van der Waals surface area contributed by atoms with Crippen molar-refractivity contribution in [3.63, 3.8) is 0 Å². The number of nitrogens with zero attached hydrogens (tertiary/aromatic N) is 3. The Labute approximate surface area is 200 Å². The van der Waals surface area contributed by atoms with Gasteiger partial charge in [-0.25, -0.2) is 13.4 Å². The maximum absolute atomic E-state index is 13.2. The van der Waals surface area contributed by atoms with Gasteiger partial charge in [0.15, 0.2) is 5.66 Å². The van der Waals surface area contributed by atoms with Crippen molar-refractivity contribution in [2.75, 3.05) is 19.3 Å². The molecule has 1 saturated heterocycles. The number of thioether (sulfide) groups is 1. The van der Waals surface area contributed by atoms with Crippen molar-refractivity contribution in [1.29, 1.82) is 0 Å². The van der Waals surface area contributed by atoms with Crippen molar-refractivity contribution in [3.05, 3.63) is 64.7 Å². The summed E-state index contributed by atoms with van der Waals surface area (Å²) in [6, 6.07) is 14.9. The number of benzene rings is 2. The summed E-state index contributed by atoms with van der Waals surface area (Å²) in [6.07, 6.45) is 3.12. The van der Waals surface area contributed by atoms with Gasteiger partial charge in [-0.3, -0.25) is 4.99 Å². The summed E-state index contributed by atoms with van der Waals surface area (Å²) in [7, 11) is -3.54. The summed E-state index contributed by atoms with van der Waals surface area (Å²) in [4.78, 5) is 10.3. The normalized spacial score (nSPS) is 19.2. The number of sulfonamides is 1. The standard InChI is InChI=1S/C24H28ClN3O2S2/c1-23(2,3)18-7-11-20(12-8-18)32(29,30)28-15-13-24(14-16-28)26-21(22(27-24)31-4)17-5-9-19(25)10-6-17/h5-12H,13-16H2,1-4H3. The lowest BCUT2D eigenvalue weighted by molar-refractivity contribution is 0.249. The number of hydrogen-bond donors (Lipinski definition) is 0. The molecular weight excluding hydrogens is 462 g/mol. The fourth-order valence-electron chi connectivity index (χ4n) is 4.05. The first-order valence-corrected chi connectivity index (χ1v) is 13.7. The molecule has 1 fully saturated rings. The van der Waals surface area contributed by atoms with Gasteiger partial charge in [0.25, 0.3) is 0 Å². The smallest absolute Gasteiger partial charge is 0.243 e. The third kappa shape index (κ3) is 4.53. The molecule has 2 heterocycles. The minimum atomic E-state index is -3.54. The van der Waals surface area contributed by atoms with Crippen LogP contribution in [0, 0.1) is 0 Å². The van der Waals surface area contributed by atoms with Gasteiger partial charge in [0.2, 0.25) is 10.0 Å². The Balaban J connectivity index is 1.53. The predicted octanol–water partition coefficient (Wildman–Crippen LogP) is 5.38. The number of aliphatic imine (C=N–C) groups is 2. The molecule has 2 aliphatic heterocycles.